The normalized spacial score (nSPS) is 11.8. The number of hydrogen-bond acceptors (Lipinski definition) is 3. The maximum absolute atomic E-state index is 10.7. The lowest BCUT2D eigenvalue weighted by molar-refractivity contribution is -0.133. The maximum atomic E-state index is 10.7. The first-order valence-electron chi connectivity index (χ1n) is 4.06. The van der Waals surface area contributed by atoms with Crippen molar-refractivity contribution in [2.75, 3.05) is 6.61 Å². The molecular weight excluding hydrogens is 172 g/mol. The third kappa shape index (κ3) is 4.51. The van der Waals surface area contributed by atoms with Gasteiger partial charge in [-0.05, 0) is 6.92 Å². The third-order valence-electron chi connectivity index (χ3n) is 1.12. The van der Waals surface area contributed by atoms with Crippen LogP contribution in [-0.4, -0.2) is 21.9 Å². The van der Waals surface area contributed by atoms with Crippen LogP contribution in [0.3, 0.4) is 0 Å². The summed E-state index contributed by atoms with van der Waals surface area (Å²) in [6, 6.07) is 0. The predicted molar refractivity (Wildman–Crippen MR) is 48.9 cm³/mol. The van der Waals surface area contributed by atoms with E-state index in [1.54, 1.807) is 0 Å². The second-order valence-corrected chi connectivity index (χ2v) is 6.13. The minimum atomic E-state index is -1.46. The molecule has 0 N–H and O–H groups in total. The number of hydrogen-bond donors (Lipinski definition) is 0. The van der Waals surface area contributed by atoms with Crippen molar-refractivity contribution in [1.82, 2.24) is 0 Å². The van der Waals surface area contributed by atoms with E-state index in [9.17, 15) is 4.79 Å². The minimum Gasteiger partial charge on any atom is -0.492 e. The monoisotopic (exact) mass is 189 g/mol. The van der Waals surface area contributed by atoms with E-state index in [-0.39, 0.29) is 11.0 Å². The molecule has 0 saturated carbocycles. The van der Waals surface area contributed by atoms with Gasteiger partial charge < -0.3 is 8.85 Å². The topological polar surface area (TPSA) is 35.5 Å². The van der Waals surface area contributed by atoms with Gasteiger partial charge >= 0.3 is 9.28 Å². The Morgan fingerprint density at radius 3 is 2.17 bits per heavy atom. The van der Waals surface area contributed by atoms with Crippen LogP contribution in [0.15, 0.2) is 0 Å². The molecule has 0 aliphatic carbocycles. The van der Waals surface area contributed by atoms with E-state index < -0.39 is 9.28 Å². The summed E-state index contributed by atoms with van der Waals surface area (Å²) in [6.45, 7) is 9.95. The molecule has 0 aromatic rings. The molecule has 0 bridgehead atoms. The lowest BCUT2D eigenvalue weighted by Crippen LogP contribution is -2.34. The van der Waals surface area contributed by atoms with Gasteiger partial charge in [0.15, 0.2) is 0 Å². The highest BCUT2D eigenvalue weighted by atomic mass is 28.3. The van der Waals surface area contributed by atoms with Crippen molar-refractivity contribution in [3.63, 3.8) is 0 Å². The smallest absolute Gasteiger partial charge is 0.465 e. The van der Waals surface area contributed by atoms with Gasteiger partial charge in [0.2, 0.25) is 0 Å². The summed E-state index contributed by atoms with van der Waals surface area (Å²) in [5.41, 5.74) is 0. The number of rotatable bonds is 3. The van der Waals surface area contributed by atoms with Crippen molar-refractivity contribution < 1.29 is 13.6 Å². The largest absolute Gasteiger partial charge is 0.492 e. The van der Waals surface area contributed by atoms with Crippen LogP contribution in [0.1, 0.15) is 34.6 Å². The number of carbonyl (C=O) groups excluding carboxylic acids is 1. The molecule has 0 rings (SSSR count). The summed E-state index contributed by atoms with van der Waals surface area (Å²) >= 11 is 0. The van der Waals surface area contributed by atoms with Crippen LogP contribution >= 0.6 is 0 Å². The fourth-order valence-corrected chi connectivity index (χ4v) is 1.98. The van der Waals surface area contributed by atoms with Gasteiger partial charge in [-0.15, -0.1) is 0 Å². The highest BCUT2D eigenvalue weighted by Crippen LogP contribution is 2.27. The van der Waals surface area contributed by atoms with Crippen LogP contribution in [-0.2, 0) is 13.6 Å². The molecule has 0 heterocycles. The second kappa shape index (κ2) is 4.62. The quantitative estimate of drug-likeness (QED) is 0.636. The lowest BCUT2D eigenvalue weighted by Gasteiger charge is -2.24. The fourth-order valence-electron chi connectivity index (χ4n) is 0.661. The van der Waals surface area contributed by atoms with Gasteiger partial charge in [0.05, 0.1) is 0 Å². The molecule has 0 saturated heterocycles. The van der Waals surface area contributed by atoms with Gasteiger partial charge in [-0.25, -0.2) is 0 Å². The van der Waals surface area contributed by atoms with Crippen molar-refractivity contribution >= 4 is 15.3 Å². The zero-order chi connectivity index (χ0) is 9.78. The Morgan fingerprint density at radius 1 is 1.42 bits per heavy atom. The van der Waals surface area contributed by atoms with Gasteiger partial charge in [0.25, 0.3) is 5.97 Å². The van der Waals surface area contributed by atoms with Crippen LogP contribution in [0.4, 0.5) is 0 Å². The minimum absolute atomic E-state index is 0.0631. The van der Waals surface area contributed by atoms with Crippen molar-refractivity contribution in [2.45, 2.75) is 39.7 Å². The molecule has 0 unspecified atom stereocenters. The van der Waals surface area contributed by atoms with Crippen LogP contribution < -0.4 is 0 Å². The van der Waals surface area contributed by atoms with E-state index in [1.807, 2.05) is 27.7 Å². The molecular formula is C8H17O3Si. The van der Waals surface area contributed by atoms with E-state index in [0.717, 1.165) is 0 Å². The first-order chi connectivity index (χ1) is 5.38. The molecule has 0 atom stereocenters. The van der Waals surface area contributed by atoms with Crippen molar-refractivity contribution in [3.05, 3.63) is 0 Å². The van der Waals surface area contributed by atoms with Gasteiger partial charge in [-0.2, -0.15) is 0 Å². The maximum Gasteiger partial charge on any atom is 0.465 e. The molecule has 0 amide bonds. The molecule has 12 heavy (non-hydrogen) atoms. The Labute approximate surface area is 75.9 Å². The summed E-state index contributed by atoms with van der Waals surface area (Å²) in [4.78, 5) is 10.7. The summed E-state index contributed by atoms with van der Waals surface area (Å²) in [6.07, 6.45) is 0. The zero-order valence-corrected chi connectivity index (χ0v) is 9.43. The second-order valence-electron chi connectivity index (χ2n) is 3.56. The van der Waals surface area contributed by atoms with Crippen molar-refractivity contribution in [1.29, 1.82) is 0 Å². The summed E-state index contributed by atoms with van der Waals surface area (Å²) in [5, 5.41) is -0.0631. The molecule has 4 heteroatoms. The predicted octanol–water partition coefficient (Wildman–Crippen LogP) is 1.87. The Kier molecular flexibility index (Phi) is 4.48. The molecule has 0 spiro atoms. The molecule has 71 valence electrons. The van der Waals surface area contributed by atoms with Crippen LogP contribution in [0, 0.1) is 0 Å². The first-order valence-corrected chi connectivity index (χ1v) is 5.38. The average Bonchev–Trinajstić information content (AvgIpc) is 1.83. The molecule has 3 nitrogen and oxygen atoms in total. The standard InChI is InChI=1S/C8H17O3Si/c1-6-10-12(8(3,4)5)11-7(2)9/h6H2,1-5H3. The van der Waals surface area contributed by atoms with E-state index >= 15 is 0 Å². The fraction of sp³-hybridized carbons (Fsp3) is 0.875. The summed E-state index contributed by atoms with van der Waals surface area (Å²) in [5.74, 6) is -0.257. The molecule has 0 aromatic carbocycles. The van der Waals surface area contributed by atoms with E-state index in [4.69, 9.17) is 8.85 Å². The molecule has 0 aliphatic rings. The van der Waals surface area contributed by atoms with Crippen molar-refractivity contribution in [3.8, 4) is 0 Å². The van der Waals surface area contributed by atoms with E-state index in [0.29, 0.717) is 6.61 Å². The zero-order valence-electron chi connectivity index (χ0n) is 8.43. The van der Waals surface area contributed by atoms with Crippen LogP contribution in [0.2, 0.25) is 5.04 Å². The van der Waals surface area contributed by atoms with Gasteiger partial charge in [-0.1, -0.05) is 20.8 Å². The van der Waals surface area contributed by atoms with Crippen LogP contribution in [0.5, 0.6) is 0 Å². The van der Waals surface area contributed by atoms with E-state index in [1.165, 1.54) is 6.92 Å². The van der Waals surface area contributed by atoms with Crippen molar-refractivity contribution in [2.24, 2.45) is 0 Å². The summed E-state index contributed by atoms with van der Waals surface area (Å²) in [7, 11) is -1.46. The molecule has 0 fully saturated rings. The first kappa shape index (κ1) is 11.6. The molecule has 1 radical (unpaired) electrons. The van der Waals surface area contributed by atoms with E-state index in [2.05, 4.69) is 0 Å². The third-order valence-corrected chi connectivity index (χ3v) is 3.37. The SMILES string of the molecule is CCO[Si](OC(C)=O)C(C)(C)C. The highest BCUT2D eigenvalue weighted by Gasteiger charge is 2.34. The Balaban J connectivity index is 4.13. The molecule has 0 aromatic heterocycles. The Morgan fingerprint density at radius 2 is 1.92 bits per heavy atom. The van der Waals surface area contributed by atoms with Gasteiger partial charge in [0, 0.05) is 18.6 Å². The van der Waals surface area contributed by atoms with Gasteiger partial charge in [0.1, 0.15) is 0 Å². The summed E-state index contributed by atoms with van der Waals surface area (Å²) < 4.78 is 10.5. The lowest BCUT2D eigenvalue weighted by atomic mass is 10.3. The Hall–Kier alpha value is -0.353. The Bertz CT molecular complexity index is 151. The molecule has 0 aliphatic heterocycles. The average molecular weight is 189 g/mol. The van der Waals surface area contributed by atoms with Crippen LogP contribution in [0.25, 0.3) is 0 Å². The highest BCUT2D eigenvalue weighted by molar-refractivity contribution is 6.50. The number of carbonyl (C=O) groups is 1. The van der Waals surface area contributed by atoms with Gasteiger partial charge in [-0.3, -0.25) is 4.79 Å².